The normalized spacial score (nSPS) is 11.7. The Hall–Kier alpha value is -3.35. The quantitative estimate of drug-likeness (QED) is 0.576. The molecule has 1 heterocycles. The van der Waals surface area contributed by atoms with Gasteiger partial charge in [0, 0.05) is 12.6 Å². The van der Waals surface area contributed by atoms with E-state index in [1.807, 2.05) is 38.1 Å². The Morgan fingerprint density at radius 1 is 1.10 bits per heavy atom. The van der Waals surface area contributed by atoms with Crippen molar-refractivity contribution in [2.45, 2.75) is 32.9 Å². The maximum Gasteiger partial charge on any atom is 0.263 e. The van der Waals surface area contributed by atoms with Gasteiger partial charge in [0.15, 0.2) is 6.10 Å². The first-order chi connectivity index (χ1) is 14.0. The Balaban J connectivity index is 1.63. The fourth-order valence-corrected chi connectivity index (χ4v) is 2.79. The van der Waals surface area contributed by atoms with Gasteiger partial charge < -0.3 is 18.9 Å². The molecule has 0 bridgehead atoms. The number of carbonyl (C=O) groups is 1. The molecule has 0 aliphatic carbocycles. The van der Waals surface area contributed by atoms with E-state index in [0.717, 1.165) is 16.9 Å². The molecule has 0 aliphatic rings. The highest BCUT2D eigenvalue weighted by Crippen LogP contribution is 2.20. The predicted molar refractivity (Wildman–Crippen MR) is 109 cm³/mol. The number of ether oxygens (including phenoxy) is 2. The van der Waals surface area contributed by atoms with E-state index in [-0.39, 0.29) is 12.5 Å². The van der Waals surface area contributed by atoms with Crippen molar-refractivity contribution in [3.05, 3.63) is 60.0 Å². The molecule has 0 fully saturated rings. The third kappa shape index (κ3) is 5.13. The number of hydrogen-bond donors (Lipinski definition) is 0. The zero-order valence-corrected chi connectivity index (χ0v) is 17.1. The summed E-state index contributed by atoms with van der Waals surface area (Å²) in [6.07, 6.45) is -0.0684. The van der Waals surface area contributed by atoms with Crippen molar-refractivity contribution in [1.82, 2.24) is 15.0 Å². The van der Waals surface area contributed by atoms with Crippen LogP contribution in [0.5, 0.6) is 11.5 Å². The Bertz CT molecular complexity index is 935. The summed E-state index contributed by atoms with van der Waals surface area (Å²) >= 11 is 0. The number of aryl methyl sites for hydroxylation is 1. The molecule has 0 radical (unpaired) electrons. The number of likely N-dealkylation sites (N-methyl/N-ethyl adjacent to an activating group) is 1. The summed E-state index contributed by atoms with van der Waals surface area (Å²) in [6.45, 7) is 4.13. The van der Waals surface area contributed by atoms with Gasteiger partial charge in [-0.2, -0.15) is 4.98 Å². The molecule has 0 unspecified atom stereocenters. The number of benzene rings is 2. The van der Waals surface area contributed by atoms with E-state index in [1.165, 1.54) is 4.90 Å². The smallest absolute Gasteiger partial charge is 0.263 e. The number of nitrogens with zero attached hydrogens (tertiary/aromatic N) is 3. The molecular weight excluding hydrogens is 370 g/mol. The Kier molecular flexibility index (Phi) is 6.49. The van der Waals surface area contributed by atoms with Crippen LogP contribution in [0.2, 0.25) is 0 Å². The zero-order chi connectivity index (χ0) is 20.8. The molecule has 0 saturated carbocycles. The van der Waals surface area contributed by atoms with Gasteiger partial charge in [-0.15, -0.1) is 0 Å². The summed E-state index contributed by atoms with van der Waals surface area (Å²) < 4.78 is 16.3. The van der Waals surface area contributed by atoms with Gasteiger partial charge >= 0.3 is 0 Å². The summed E-state index contributed by atoms with van der Waals surface area (Å²) in [4.78, 5) is 18.7. The van der Waals surface area contributed by atoms with E-state index < -0.39 is 6.10 Å². The fraction of sp³-hybridized carbons (Fsp3) is 0.318. The summed E-state index contributed by atoms with van der Waals surface area (Å²) in [5.74, 6) is 2.06. The minimum Gasteiger partial charge on any atom is -0.497 e. The maximum atomic E-state index is 12.8. The largest absolute Gasteiger partial charge is 0.497 e. The zero-order valence-electron chi connectivity index (χ0n) is 17.1. The van der Waals surface area contributed by atoms with Crippen LogP contribution in [0, 0.1) is 6.92 Å². The highest BCUT2D eigenvalue weighted by atomic mass is 16.5. The minimum atomic E-state index is -0.604. The van der Waals surface area contributed by atoms with Crippen LogP contribution in [0.1, 0.15) is 24.8 Å². The first-order valence-corrected chi connectivity index (χ1v) is 9.45. The molecule has 0 N–H and O–H groups in total. The average Bonchev–Trinajstić information content (AvgIpc) is 3.20. The van der Waals surface area contributed by atoms with Crippen LogP contribution in [0.4, 0.5) is 0 Å². The molecule has 2 aromatic carbocycles. The number of carbonyl (C=O) groups excluding carboxylic acids is 1. The van der Waals surface area contributed by atoms with Crippen molar-refractivity contribution < 1.29 is 18.8 Å². The molecule has 1 amide bonds. The molecule has 1 aromatic heterocycles. The summed E-state index contributed by atoms with van der Waals surface area (Å²) in [7, 11) is 3.29. The molecule has 1 atom stereocenters. The van der Waals surface area contributed by atoms with Gasteiger partial charge in [-0.05, 0) is 37.6 Å². The molecule has 0 spiro atoms. The molecular formula is C22H25N3O4. The van der Waals surface area contributed by atoms with Crippen molar-refractivity contribution in [3.63, 3.8) is 0 Å². The fourth-order valence-electron chi connectivity index (χ4n) is 2.79. The Morgan fingerprint density at radius 2 is 1.76 bits per heavy atom. The van der Waals surface area contributed by atoms with Crippen LogP contribution in [0.25, 0.3) is 11.4 Å². The molecule has 7 nitrogen and oxygen atoms in total. The van der Waals surface area contributed by atoms with Crippen LogP contribution in [-0.2, 0) is 11.3 Å². The van der Waals surface area contributed by atoms with Gasteiger partial charge in [0.25, 0.3) is 5.91 Å². The minimum absolute atomic E-state index is 0.154. The van der Waals surface area contributed by atoms with Crippen LogP contribution in [0.3, 0.4) is 0 Å². The Labute approximate surface area is 170 Å². The average molecular weight is 395 g/mol. The van der Waals surface area contributed by atoms with Gasteiger partial charge in [-0.1, -0.05) is 41.9 Å². The summed E-state index contributed by atoms with van der Waals surface area (Å²) in [5.41, 5.74) is 2.03. The standard InChI is InChI=1S/C22H25N3O4/c1-5-19(28-18-12-10-17(27-4)11-13-18)22(26)25(3)14-20-23-21(24-29-20)16-8-6-15(2)7-9-16/h6-13,19H,5,14H2,1-4H3/t19-/m1/s1. The van der Waals surface area contributed by atoms with Crippen molar-refractivity contribution in [2.75, 3.05) is 14.2 Å². The van der Waals surface area contributed by atoms with Crippen molar-refractivity contribution in [1.29, 1.82) is 0 Å². The summed E-state index contributed by atoms with van der Waals surface area (Å²) in [6, 6.07) is 15.0. The van der Waals surface area contributed by atoms with Crippen molar-refractivity contribution in [3.8, 4) is 22.9 Å². The highest BCUT2D eigenvalue weighted by Gasteiger charge is 2.24. The second-order valence-electron chi connectivity index (χ2n) is 6.76. The number of hydrogen-bond acceptors (Lipinski definition) is 6. The lowest BCUT2D eigenvalue weighted by Crippen LogP contribution is -2.39. The van der Waals surface area contributed by atoms with Gasteiger partial charge in [-0.25, -0.2) is 0 Å². The first kappa shape index (κ1) is 20.4. The van der Waals surface area contributed by atoms with Gasteiger partial charge in [-0.3, -0.25) is 4.79 Å². The molecule has 0 saturated heterocycles. The van der Waals surface area contributed by atoms with Gasteiger partial charge in [0.1, 0.15) is 11.5 Å². The van der Waals surface area contributed by atoms with E-state index in [4.69, 9.17) is 14.0 Å². The topological polar surface area (TPSA) is 77.7 Å². The molecule has 29 heavy (non-hydrogen) atoms. The predicted octanol–water partition coefficient (Wildman–Crippen LogP) is 3.87. The lowest BCUT2D eigenvalue weighted by molar-refractivity contribution is -0.138. The van der Waals surface area contributed by atoms with Crippen LogP contribution in [0.15, 0.2) is 53.1 Å². The van der Waals surface area contributed by atoms with E-state index in [1.54, 1.807) is 38.4 Å². The third-order valence-corrected chi connectivity index (χ3v) is 4.51. The lowest BCUT2D eigenvalue weighted by Gasteiger charge is -2.22. The van der Waals surface area contributed by atoms with Gasteiger partial charge in [0.2, 0.25) is 11.7 Å². The van der Waals surface area contributed by atoms with Crippen LogP contribution < -0.4 is 9.47 Å². The Morgan fingerprint density at radius 3 is 2.38 bits per heavy atom. The van der Waals surface area contributed by atoms with Crippen LogP contribution >= 0.6 is 0 Å². The molecule has 0 aliphatic heterocycles. The number of methoxy groups -OCH3 is 1. The van der Waals surface area contributed by atoms with Crippen molar-refractivity contribution >= 4 is 5.91 Å². The van der Waals surface area contributed by atoms with E-state index in [9.17, 15) is 4.79 Å². The number of aromatic nitrogens is 2. The maximum absolute atomic E-state index is 12.8. The van der Waals surface area contributed by atoms with Crippen LogP contribution in [-0.4, -0.2) is 41.2 Å². The molecule has 7 heteroatoms. The van der Waals surface area contributed by atoms with Gasteiger partial charge in [0.05, 0.1) is 13.7 Å². The van der Waals surface area contributed by atoms with E-state index in [2.05, 4.69) is 10.1 Å². The molecule has 3 rings (SSSR count). The number of rotatable bonds is 8. The van der Waals surface area contributed by atoms with E-state index >= 15 is 0 Å². The number of amides is 1. The molecule has 3 aromatic rings. The SMILES string of the molecule is CC[C@@H](Oc1ccc(OC)cc1)C(=O)N(C)Cc1nc(-c2ccc(C)cc2)no1. The van der Waals surface area contributed by atoms with Crippen molar-refractivity contribution in [2.24, 2.45) is 0 Å². The van der Waals surface area contributed by atoms with E-state index in [0.29, 0.717) is 23.9 Å². The monoisotopic (exact) mass is 395 g/mol. The summed E-state index contributed by atoms with van der Waals surface area (Å²) in [5, 5.41) is 4.01. The third-order valence-electron chi connectivity index (χ3n) is 4.51. The highest BCUT2D eigenvalue weighted by molar-refractivity contribution is 5.81. The lowest BCUT2D eigenvalue weighted by atomic mass is 10.1. The molecule has 152 valence electrons. The first-order valence-electron chi connectivity index (χ1n) is 9.45. The second kappa shape index (κ2) is 9.23. The second-order valence-corrected chi connectivity index (χ2v) is 6.76.